The molecule has 0 saturated heterocycles. The van der Waals surface area contributed by atoms with Crippen LogP contribution < -0.4 is 15.0 Å². The first kappa shape index (κ1) is 32.2. The van der Waals surface area contributed by atoms with Crippen molar-refractivity contribution < 1.29 is 50.0 Å². The minimum Gasteiger partial charge on any atom is -0.493 e. The number of rotatable bonds is 9. The number of nitrogens with zero attached hydrogens (tertiary/aromatic N) is 2. The van der Waals surface area contributed by atoms with Gasteiger partial charge >= 0.3 is 5.97 Å². The van der Waals surface area contributed by atoms with Crippen molar-refractivity contribution in [2.24, 2.45) is 12.0 Å². The summed E-state index contributed by atoms with van der Waals surface area (Å²) in [5, 5.41) is 62.1. The monoisotopic (exact) mass is 578 g/mol. The molecule has 0 bridgehead atoms. The molecule has 7 N–H and O–H groups in total. The van der Waals surface area contributed by atoms with Gasteiger partial charge in [-0.1, -0.05) is 0 Å². The van der Waals surface area contributed by atoms with Gasteiger partial charge in [0.15, 0.2) is 17.6 Å². The lowest BCUT2D eigenvalue weighted by Gasteiger charge is -2.37. The highest BCUT2D eigenvalue weighted by atomic mass is 16.5. The lowest BCUT2D eigenvalue weighted by Crippen LogP contribution is -2.48. The summed E-state index contributed by atoms with van der Waals surface area (Å²) in [6, 6.07) is 7.53. The summed E-state index contributed by atoms with van der Waals surface area (Å²) in [6.07, 6.45) is -4.02. The summed E-state index contributed by atoms with van der Waals surface area (Å²) in [6.45, 7) is 1.65. The second kappa shape index (κ2) is 14.0. The van der Waals surface area contributed by atoms with Crippen molar-refractivity contribution in [1.82, 2.24) is 4.57 Å². The zero-order chi connectivity index (χ0) is 30.4. The van der Waals surface area contributed by atoms with Crippen molar-refractivity contribution in [3.05, 3.63) is 57.5 Å². The van der Waals surface area contributed by atoms with Gasteiger partial charge in [0.1, 0.15) is 18.3 Å². The SMILES string of the molecule is CCOc1cc2c(cc1OC)C(c1ccc(=O)n(C)c1)=N[C@@H]1CC[C@@H](O)C[C@H]21.O=C(O)[C@H](O)[C@H](O)[C@H](O)[C@@H](O)CO. The summed E-state index contributed by atoms with van der Waals surface area (Å²) >= 11 is 0. The van der Waals surface area contributed by atoms with Crippen LogP contribution in [0.25, 0.3) is 0 Å². The molecule has 0 unspecified atom stereocenters. The summed E-state index contributed by atoms with van der Waals surface area (Å²) in [5.41, 5.74) is 3.83. The average molecular weight is 579 g/mol. The van der Waals surface area contributed by atoms with Gasteiger partial charge in [-0.15, -0.1) is 0 Å². The number of hydrogen-bond acceptors (Lipinski definition) is 11. The zero-order valence-corrected chi connectivity index (χ0v) is 23.1. The number of aliphatic hydroxyl groups is 6. The first-order valence-corrected chi connectivity index (χ1v) is 13.3. The second-order valence-corrected chi connectivity index (χ2v) is 10.0. The molecule has 0 spiro atoms. The summed E-state index contributed by atoms with van der Waals surface area (Å²) < 4.78 is 12.9. The van der Waals surface area contributed by atoms with Gasteiger partial charge in [-0.3, -0.25) is 9.79 Å². The third-order valence-corrected chi connectivity index (χ3v) is 7.24. The van der Waals surface area contributed by atoms with E-state index in [9.17, 15) is 14.7 Å². The fourth-order valence-electron chi connectivity index (χ4n) is 5.00. The number of carboxylic acids is 1. The smallest absolute Gasteiger partial charge is 0.335 e. The molecule has 1 saturated carbocycles. The van der Waals surface area contributed by atoms with E-state index < -0.39 is 37.0 Å². The van der Waals surface area contributed by atoms with Gasteiger partial charge in [0.25, 0.3) is 0 Å². The Kier molecular flexibility index (Phi) is 11.0. The third-order valence-electron chi connectivity index (χ3n) is 7.24. The van der Waals surface area contributed by atoms with Crippen LogP contribution in [0.3, 0.4) is 0 Å². The predicted octanol–water partition coefficient (Wildman–Crippen LogP) is -0.852. The van der Waals surface area contributed by atoms with Gasteiger partial charge in [0.2, 0.25) is 5.56 Å². The van der Waals surface area contributed by atoms with Crippen LogP contribution in [0.4, 0.5) is 0 Å². The van der Waals surface area contributed by atoms with E-state index in [0.717, 1.165) is 35.2 Å². The molecular formula is C28H38N2O11. The van der Waals surface area contributed by atoms with E-state index in [1.54, 1.807) is 24.8 Å². The first-order chi connectivity index (χ1) is 19.4. The van der Waals surface area contributed by atoms with E-state index in [-0.39, 0.29) is 23.6 Å². The number of aromatic nitrogens is 1. The standard InChI is InChI=1S/C22H26N2O4.C6H12O7/c1-4-28-20-10-15-16-9-14(25)6-7-18(16)23-22(17(15)11-19(20)27-3)13-5-8-21(26)24(2)12-13;7-1-2(8)3(9)4(10)5(11)6(12)13/h5,8,10-12,14,16,18,25H,4,6-7,9H2,1-3H3;2-5,7-11H,1H2,(H,12,13)/t14-,16-,18-;2-,3+,4+,5+/m10/s1. The molecule has 2 aromatic rings. The molecular weight excluding hydrogens is 540 g/mol. The molecule has 1 aliphatic heterocycles. The number of aryl methyl sites for hydroxylation is 1. The number of carboxylic acid groups (broad SMARTS) is 1. The Morgan fingerprint density at radius 2 is 1.83 bits per heavy atom. The Morgan fingerprint density at radius 3 is 2.41 bits per heavy atom. The van der Waals surface area contributed by atoms with Gasteiger partial charge in [-0.25, -0.2) is 4.79 Å². The van der Waals surface area contributed by atoms with Crippen LogP contribution in [0.1, 0.15) is 48.8 Å². The summed E-state index contributed by atoms with van der Waals surface area (Å²) in [7, 11) is 3.37. The number of benzene rings is 1. The van der Waals surface area contributed by atoms with Gasteiger partial charge < -0.3 is 49.8 Å². The first-order valence-electron chi connectivity index (χ1n) is 13.3. The van der Waals surface area contributed by atoms with Crippen LogP contribution in [0, 0.1) is 0 Å². The molecule has 1 aromatic heterocycles. The van der Waals surface area contributed by atoms with Crippen LogP contribution in [-0.2, 0) is 11.8 Å². The number of fused-ring (bicyclic) bond motifs is 3. The van der Waals surface area contributed by atoms with Gasteiger partial charge in [-0.05, 0) is 49.9 Å². The van der Waals surface area contributed by atoms with Gasteiger partial charge in [0, 0.05) is 36.4 Å². The maximum Gasteiger partial charge on any atom is 0.335 e. The molecule has 13 heteroatoms. The molecule has 4 rings (SSSR count). The molecule has 13 nitrogen and oxygen atoms in total. The van der Waals surface area contributed by atoms with E-state index in [0.29, 0.717) is 24.5 Å². The maximum atomic E-state index is 11.8. The molecule has 2 heterocycles. The number of aliphatic imine (C=N–C) groups is 1. The van der Waals surface area contributed by atoms with Crippen molar-refractivity contribution in [1.29, 1.82) is 0 Å². The molecule has 0 amide bonds. The van der Waals surface area contributed by atoms with Crippen molar-refractivity contribution >= 4 is 11.7 Å². The van der Waals surface area contributed by atoms with Crippen LogP contribution in [0.5, 0.6) is 11.5 Å². The van der Waals surface area contributed by atoms with Crippen LogP contribution in [0.15, 0.2) is 40.2 Å². The van der Waals surface area contributed by atoms with E-state index in [1.165, 1.54) is 0 Å². The molecule has 2 aliphatic rings. The Morgan fingerprint density at radius 1 is 1.12 bits per heavy atom. The highest BCUT2D eigenvalue weighted by Gasteiger charge is 2.37. The van der Waals surface area contributed by atoms with Crippen LogP contribution in [0.2, 0.25) is 0 Å². The van der Waals surface area contributed by atoms with Crippen LogP contribution >= 0.6 is 0 Å². The molecule has 7 atom stereocenters. The van der Waals surface area contributed by atoms with E-state index >= 15 is 0 Å². The maximum absolute atomic E-state index is 11.8. The highest BCUT2D eigenvalue weighted by Crippen LogP contribution is 2.44. The minimum absolute atomic E-state index is 0.0525. The third kappa shape index (κ3) is 7.31. The molecule has 1 aromatic carbocycles. The number of ether oxygens (including phenoxy) is 2. The molecule has 1 fully saturated rings. The number of aliphatic hydroxyl groups excluding tert-OH is 6. The van der Waals surface area contributed by atoms with Gasteiger partial charge in [-0.2, -0.15) is 0 Å². The minimum atomic E-state index is -2.20. The second-order valence-electron chi connectivity index (χ2n) is 10.0. The topological polar surface area (TPSA) is 211 Å². The van der Waals surface area contributed by atoms with Crippen LogP contribution in [-0.4, -0.2) is 109 Å². The zero-order valence-electron chi connectivity index (χ0n) is 23.1. The normalized spacial score (nSPS) is 22.5. The van der Waals surface area contributed by atoms with Gasteiger partial charge in [0.05, 0.1) is 38.2 Å². The number of pyridine rings is 1. The Balaban J connectivity index is 0.000000302. The lowest BCUT2D eigenvalue weighted by molar-refractivity contribution is -0.164. The number of aliphatic carboxylic acids is 1. The van der Waals surface area contributed by atoms with E-state index in [2.05, 4.69) is 0 Å². The fourth-order valence-corrected chi connectivity index (χ4v) is 5.00. The molecule has 1 aliphatic carbocycles. The number of carbonyl (C=O) groups is 1. The lowest BCUT2D eigenvalue weighted by atomic mass is 9.74. The highest BCUT2D eigenvalue weighted by molar-refractivity contribution is 6.14. The fraction of sp³-hybridized carbons (Fsp3) is 0.536. The summed E-state index contributed by atoms with van der Waals surface area (Å²) in [5.74, 6) is -0.200. The van der Waals surface area contributed by atoms with Crippen molar-refractivity contribution in [3.8, 4) is 11.5 Å². The largest absolute Gasteiger partial charge is 0.493 e. The Labute approximate surface area is 236 Å². The molecule has 41 heavy (non-hydrogen) atoms. The Hall–Kier alpha value is -3.33. The number of methoxy groups -OCH3 is 1. The summed E-state index contributed by atoms with van der Waals surface area (Å²) in [4.78, 5) is 27.0. The molecule has 226 valence electrons. The average Bonchev–Trinajstić information content (AvgIpc) is 2.96. The number of hydrogen-bond donors (Lipinski definition) is 7. The van der Waals surface area contributed by atoms with Crippen molar-refractivity contribution in [2.75, 3.05) is 20.3 Å². The molecule has 0 radical (unpaired) electrons. The quantitative estimate of drug-likeness (QED) is 0.195. The predicted molar refractivity (Wildman–Crippen MR) is 147 cm³/mol. The van der Waals surface area contributed by atoms with Crippen molar-refractivity contribution in [3.63, 3.8) is 0 Å². The van der Waals surface area contributed by atoms with E-state index in [1.807, 2.05) is 31.3 Å². The Bertz CT molecular complexity index is 1290. The van der Waals surface area contributed by atoms with E-state index in [4.69, 9.17) is 45.1 Å². The van der Waals surface area contributed by atoms with Crippen molar-refractivity contribution in [2.45, 2.75) is 68.7 Å².